The Morgan fingerprint density at radius 2 is 1.88 bits per heavy atom. The first-order valence-corrected chi connectivity index (χ1v) is 8.41. The lowest BCUT2D eigenvalue weighted by Gasteiger charge is -2.43. The summed E-state index contributed by atoms with van der Waals surface area (Å²) in [4.78, 5) is 12.1. The van der Waals surface area contributed by atoms with Crippen LogP contribution in [0.1, 0.15) is 5.56 Å². The van der Waals surface area contributed by atoms with Gasteiger partial charge in [-0.1, -0.05) is 30.3 Å². The number of amides is 1. The first-order chi connectivity index (χ1) is 12.6. The molecule has 1 aromatic rings. The van der Waals surface area contributed by atoms with Crippen molar-refractivity contribution in [3.8, 4) is 0 Å². The summed E-state index contributed by atoms with van der Waals surface area (Å²) in [5.74, 6) is -0.285. The van der Waals surface area contributed by atoms with Gasteiger partial charge in [-0.2, -0.15) is 0 Å². The van der Waals surface area contributed by atoms with Crippen LogP contribution in [0.25, 0.3) is 0 Å². The minimum Gasteiger partial charge on any atom is -0.387 e. The summed E-state index contributed by atoms with van der Waals surface area (Å²) in [6.45, 7) is 0.386. The summed E-state index contributed by atoms with van der Waals surface area (Å²) >= 11 is 0. The van der Waals surface area contributed by atoms with Gasteiger partial charge in [-0.3, -0.25) is 4.79 Å². The van der Waals surface area contributed by atoms with Crippen molar-refractivity contribution < 1.29 is 33.6 Å². The molecule has 0 aromatic heterocycles. The summed E-state index contributed by atoms with van der Waals surface area (Å²) in [6, 6.07) is 9.56. The molecule has 0 bridgehead atoms. The van der Waals surface area contributed by atoms with Gasteiger partial charge in [0.15, 0.2) is 6.29 Å². The minimum absolute atomic E-state index is 0.186. The van der Waals surface area contributed by atoms with Crippen molar-refractivity contribution in [1.82, 2.24) is 5.32 Å². The quantitative estimate of drug-likeness (QED) is 0.636. The van der Waals surface area contributed by atoms with Crippen LogP contribution in [-0.2, 0) is 35.0 Å². The average Bonchev–Trinajstić information content (AvgIpc) is 2.67. The second-order valence-corrected chi connectivity index (χ2v) is 5.96. The second-order valence-electron chi connectivity index (χ2n) is 5.96. The van der Waals surface area contributed by atoms with E-state index in [0.717, 1.165) is 5.56 Å². The maximum atomic E-state index is 12.1. The molecule has 8 nitrogen and oxygen atoms in total. The van der Waals surface area contributed by atoms with E-state index < -0.39 is 30.7 Å². The Labute approximate surface area is 153 Å². The molecule has 1 saturated heterocycles. The Kier molecular flexibility index (Phi) is 8.43. The summed E-state index contributed by atoms with van der Waals surface area (Å²) < 4.78 is 27.0. The van der Waals surface area contributed by atoms with Gasteiger partial charge < -0.3 is 34.1 Å². The van der Waals surface area contributed by atoms with Gasteiger partial charge in [-0.05, 0) is 5.56 Å². The standard InChI is InChI=1S/C18H27NO7/c1-22-10-13-15(21)16(23-2)17(18(24-3)26-13)25-11-14(20)19-9-12-7-5-4-6-8-12/h4-8,13,15-18,21H,9-11H2,1-3H3,(H,19,20)/t13?,15-,16+,17+,18?/m1/s1. The molecule has 2 unspecified atom stereocenters. The van der Waals surface area contributed by atoms with Crippen LogP contribution in [0, 0.1) is 0 Å². The summed E-state index contributed by atoms with van der Waals surface area (Å²) in [5.41, 5.74) is 0.990. The van der Waals surface area contributed by atoms with Crippen LogP contribution in [0.4, 0.5) is 0 Å². The molecular formula is C18H27NO7. The third-order valence-corrected chi connectivity index (χ3v) is 4.19. The number of aliphatic hydroxyl groups excluding tert-OH is 1. The molecule has 1 amide bonds. The average molecular weight is 369 g/mol. The minimum atomic E-state index is -0.969. The number of hydrogen-bond acceptors (Lipinski definition) is 7. The highest BCUT2D eigenvalue weighted by Gasteiger charge is 2.46. The van der Waals surface area contributed by atoms with Gasteiger partial charge in [0.2, 0.25) is 5.91 Å². The van der Waals surface area contributed by atoms with Crippen LogP contribution in [0.2, 0.25) is 0 Å². The van der Waals surface area contributed by atoms with Crippen LogP contribution in [0.3, 0.4) is 0 Å². The smallest absolute Gasteiger partial charge is 0.246 e. The van der Waals surface area contributed by atoms with Crippen LogP contribution < -0.4 is 5.32 Å². The van der Waals surface area contributed by atoms with Crippen molar-refractivity contribution in [3.63, 3.8) is 0 Å². The van der Waals surface area contributed by atoms with Crippen LogP contribution in [-0.4, -0.2) is 76.3 Å². The molecular weight excluding hydrogens is 342 g/mol. The monoisotopic (exact) mass is 369 g/mol. The number of benzene rings is 1. The Morgan fingerprint density at radius 1 is 1.15 bits per heavy atom. The highest BCUT2D eigenvalue weighted by atomic mass is 16.7. The molecule has 0 aliphatic carbocycles. The van der Waals surface area contributed by atoms with E-state index in [0.29, 0.717) is 6.54 Å². The van der Waals surface area contributed by atoms with Gasteiger partial charge in [0.25, 0.3) is 0 Å². The molecule has 146 valence electrons. The number of aliphatic hydroxyl groups is 1. The Hall–Kier alpha value is -1.55. The van der Waals surface area contributed by atoms with E-state index in [1.54, 1.807) is 0 Å². The third-order valence-electron chi connectivity index (χ3n) is 4.19. The molecule has 2 rings (SSSR count). The summed E-state index contributed by atoms with van der Waals surface area (Å²) in [7, 11) is 4.44. The maximum Gasteiger partial charge on any atom is 0.246 e. The molecule has 26 heavy (non-hydrogen) atoms. The van der Waals surface area contributed by atoms with Gasteiger partial charge in [0.05, 0.1) is 6.61 Å². The molecule has 8 heteroatoms. The van der Waals surface area contributed by atoms with Gasteiger partial charge in [-0.25, -0.2) is 0 Å². The molecule has 1 aliphatic rings. The number of carbonyl (C=O) groups excluding carboxylic acids is 1. The van der Waals surface area contributed by atoms with Crippen molar-refractivity contribution in [2.75, 3.05) is 34.5 Å². The third kappa shape index (κ3) is 5.47. The highest BCUT2D eigenvalue weighted by Crippen LogP contribution is 2.26. The van der Waals surface area contributed by atoms with E-state index in [4.69, 9.17) is 23.7 Å². The van der Waals surface area contributed by atoms with Crippen molar-refractivity contribution >= 4 is 5.91 Å². The van der Waals surface area contributed by atoms with Crippen molar-refractivity contribution in [3.05, 3.63) is 35.9 Å². The molecule has 1 fully saturated rings. The first-order valence-electron chi connectivity index (χ1n) is 8.41. The van der Waals surface area contributed by atoms with Crippen molar-refractivity contribution in [2.24, 2.45) is 0 Å². The number of nitrogens with one attached hydrogen (secondary N) is 1. The molecule has 0 saturated carbocycles. The summed E-state index contributed by atoms with van der Waals surface area (Å²) in [5, 5.41) is 13.2. The van der Waals surface area contributed by atoms with Crippen molar-refractivity contribution in [1.29, 1.82) is 0 Å². The van der Waals surface area contributed by atoms with Gasteiger partial charge in [0.1, 0.15) is 31.0 Å². The molecule has 2 N–H and O–H groups in total. The Balaban J connectivity index is 1.89. The zero-order valence-electron chi connectivity index (χ0n) is 15.3. The van der Waals surface area contributed by atoms with Crippen molar-refractivity contribution in [2.45, 2.75) is 37.3 Å². The lowest BCUT2D eigenvalue weighted by atomic mass is 9.99. The second kappa shape index (κ2) is 10.6. The molecule has 1 aromatic carbocycles. The Bertz CT molecular complexity index is 542. The van der Waals surface area contributed by atoms with Gasteiger partial charge in [0, 0.05) is 27.9 Å². The van der Waals surface area contributed by atoms with Crippen LogP contribution in [0.5, 0.6) is 0 Å². The predicted molar refractivity (Wildman–Crippen MR) is 92.4 cm³/mol. The first kappa shape index (κ1) is 20.8. The van der Waals surface area contributed by atoms with E-state index >= 15 is 0 Å². The fourth-order valence-electron chi connectivity index (χ4n) is 2.85. The zero-order chi connectivity index (χ0) is 18.9. The van der Waals surface area contributed by atoms with Gasteiger partial charge >= 0.3 is 0 Å². The number of rotatable bonds is 9. The Morgan fingerprint density at radius 3 is 2.50 bits per heavy atom. The lowest BCUT2D eigenvalue weighted by molar-refractivity contribution is -0.306. The van der Waals surface area contributed by atoms with Crippen LogP contribution >= 0.6 is 0 Å². The van der Waals surface area contributed by atoms with E-state index in [2.05, 4.69) is 5.32 Å². The van der Waals surface area contributed by atoms with E-state index in [1.807, 2.05) is 30.3 Å². The fourth-order valence-corrected chi connectivity index (χ4v) is 2.85. The molecule has 5 atom stereocenters. The van der Waals surface area contributed by atoms with E-state index in [9.17, 15) is 9.90 Å². The molecule has 1 aliphatic heterocycles. The van der Waals surface area contributed by atoms with Crippen LogP contribution in [0.15, 0.2) is 30.3 Å². The predicted octanol–water partition coefficient (Wildman–Crippen LogP) is 0.0816. The normalized spacial score (nSPS) is 28.7. The lowest BCUT2D eigenvalue weighted by Crippen LogP contribution is -2.61. The SMILES string of the molecule is COCC1OC(OC)[C@@H](OCC(=O)NCc2ccccc2)[C@@H](OC)[C@@H]1O. The number of methoxy groups -OCH3 is 3. The van der Waals surface area contributed by atoms with E-state index in [1.165, 1.54) is 21.3 Å². The van der Waals surface area contributed by atoms with E-state index in [-0.39, 0.29) is 19.1 Å². The maximum absolute atomic E-state index is 12.1. The summed E-state index contributed by atoms with van der Waals surface area (Å²) in [6.07, 6.45) is -3.83. The zero-order valence-corrected chi connectivity index (χ0v) is 15.3. The number of carbonyl (C=O) groups is 1. The number of hydrogen-bond donors (Lipinski definition) is 2. The topological polar surface area (TPSA) is 95.5 Å². The molecule has 0 spiro atoms. The number of ether oxygens (including phenoxy) is 5. The fraction of sp³-hybridized carbons (Fsp3) is 0.611. The molecule has 1 heterocycles. The largest absolute Gasteiger partial charge is 0.387 e. The van der Waals surface area contributed by atoms with Gasteiger partial charge in [-0.15, -0.1) is 0 Å². The molecule has 0 radical (unpaired) electrons. The highest BCUT2D eigenvalue weighted by molar-refractivity contribution is 5.77.